The number of hydrogen-bond donors (Lipinski definition) is 1. The molecule has 1 aromatic rings. The molecule has 1 amide bonds. The molecular formula is C16H24N2O4S. The molecule has 0 aromatic carbocycles. The van der Waals surface area contributed by atoms with Crippen molar-refractivity contribution < 1.29 is 19.1 Å². The topological polar surface area (TPSA) is 67.9 Å². The molecule has 23 heavy (non-hydrogen) atoms. The van der Waals surface area contributed by atoms with Gasteiger partial charge in [0.2, 0.25) is 0 Å². The van der Waals surface area contributed by atoms with Gasteiger partial charge in [0.15, 0.2) is 0 Å². The molecule has 1 aliphatic rings. The van der Waals surface area contributed by atoms with Crippen molar-refractivity contribution in [3.63, 3.8) is 0 Å². The second-order valence-corrected chi connectivity index (χ2v) is 7.37. The molecule has 0 radical (unpaired) electrons. The number of methoxy groups -OCH3 is 1. The van der Waals surface area contributed by atoms with E-state index in [0.717, 1.165) is 25.9 Å². The lowest BCUT2D eigenvalue weighted by molar-refractivity contribution is 0.0558. The molecule has 1 aromatic heterocycles. The Morgan fingerprint density at radius 1 is 1.30 bits per heavy atom. The van der Waals surface area contributed by atoms with Gasteiger partial charge >= 0.3 is 12.1 Å². The van der Waals surface area contributed by atoms with Crippen LogP contribution in [0.25, 0.3) is 0 Å². The molecule has 128 valence electrons. The highest BCUT2D eigenvalue weighted by molar-refractivity contribution is 7.12. The molecule has 0 spiro atoms. The molecule has 2 rings (SSSR count). The lowest BCUT2D eigenvalue weighted by Crippen LogP contribution is -2.48. The van der Waals surface area contributed by atoms with E-state index in [4.69, 9.17) is 9.47 Å². The van der Waals surface area contributed by atoms with Gasteiger partial charge in [-0.05, 0) is 58.1 Å². The number of rotatable bonds is 3. The fraction of sp³-hybridized carbons (Fsp3) is 0.625. The van der Waals surface area contributed by atoms with Crippen LogP contribution in [0.15, 0.2) is 11.4 Å². The molecule has 0 unspecified atom stereocenters. The Balaban J connectivity index is 2.35. The van der Waals surface area contributed by atoms with Crippen molar-refractivity contribution in [3.05, 3.63) is 16.3 Å². The van der Waals surface area contributed by atoms with Crippen LogP contribution in [-0.4, -0.2) is 43.9 Å². The summed E-state index contributed by atoms with van der Waals surface area (Å²) in [5.74, 6) is -0.433. The fourth-order valence-electron chi connectivity index (χ4n) is 2.56. The van der Waals surface area contributed by atoms with E-state index in [-0.39, 0.29) is 6.04 Å². The molecule has 1 aliphatic heterocycles. The first-order valence-electron chi connectivity index (χ1n) is 7.72. The molecule has 0 aliphatic carbocycles. The van der Waals surface area contributed by atoms with Crippen molar-refractivity contribution in [2.45, 2.75) is 45.3 Å². The van der Waals surface area contributed by atoms with E-state index in [2.05, 4.69) is 5.32 Å². The van der Waals surface area contributed by atoms with Crippen LogP contribution in [-0.2, 0) is 9.47 Å². The Morgan fingerprint density at radius 2 is 1.96 bits per heavy atom. The van der Waals surface area contributed by atoms with Crippen molar-refractivity contribution in [1.29, 1.82) is 0 Å². The highest BCUT2D eigenvalue weighted by atomic mass is 32.1. The highest BCUT2D eigenvalue weighted by Crippen LogP contribution is 2.32. The molecule has 1 fully saturated rings. The Morgan fingerprint density at radius 3 is 2.52 bits per heavy atom. The van der Waals surface area contributed by atoms with Gasteiger partial charge in [-0.25, -0.2) is 9.59 Å². The molecule has 0 saturated carbocycles. The SMILES string of the molecule is COC(=O)c1sccc1N(C(=O)OC(C)(C)C)C1CCNCC1. The third-order valence-corrected chi connectivity index (χ3v) is 4.42. The zero-order chi connectivity index (χ0) is 17.0. The summed E-state index contributed by atoms with van der Waals surface area (Å²) in [4.78, 5) is 26.8. The summed E-state index contributed by atoms with van der Waals surface area (Å²) >= 11 is 1.27. The van der Waals surface area contributed by atoms with Crippen molar-refractivity contribution in [2.75, 3.05) is 25.1 Å². The van der Waals surface area contributed by atoms with E-state index in [1.165, 1.54) is 18.4 Å². The Hall–Kier alpha value is -1.60. The van der Waals surface area contributed by atoms with Gasteiger partial charge in [-0.1, -0.05) is 0 Å². The van der Waals surface area contributed by atoms with Gasteiger partial charge in [0.05, 0.1) is 12.8 Å². The Kier molecular flexibility index (Phi) is 5.64. The van der Waals surface area contributed by atoms with Gasteiger partial charge in [-0.15, -0.1) is 11.3 Å². The maximum atomic E-state index is 12.8. The van der Waals surface area contributed by atoms with Crippen LogP contribution in [0.1, 0.15) is 43.3 Å². The van der Waals surface area contributed by atoms with E-state index >= 15 is 0 Å². The minimum atomic E-state index is -0.594. The van der Waals surface area contributed by atoms with Crippen molar-refractivity contribution >= 4 is 29.1 Å². The summed E-state index contributed by atoms with van der Waals surface area (Å²) in [6.45, 7) is 7.17. The number of anilines is 1. The molecule has 0 bridgehead atoms. The lowest BCUT2D eigenvalue weighted by Gasteiger charge is -2.35. The predicted octanol–water partition coefficient (Wildman–Crippen LogP) is 3.03. The average Bonchev–Trinajstić information content (AvgIpc) is 2.95. The lowest BCUT2D eigenvalue weighted by atomic mass is 10.0. The Bertz CT molecular complexity index is 559. The maximum Gasteiger partial charge on any atom is 0.415 e. The van der Waals surface area contributed by atoms with Crippen molar-refractivity contribution in [1.82, 2.24) is 5.32 Å². The number of thiophene rings is 1. The maximum absolute atomic E-state index is 12.8. The summed E-state index contributed by atoms with van der Waals surface area (Å²) in [6, 6.07) is 1.78. The number of amides is 1. The number of carbonyl (C=O) groups excluding carboxylic acids is 2. The van der Waals surface area contributed by atoms with Crippen molar-refractivity contribution in [3.8, 4) is 0 Å². The van der Waals surface area contributed by atoms with E-state index in [9.17, 15) is 9.59 Å². The molecule has 0 atom stereocenters. The number of carbonyl (C=O) groups is 2. The second-order valence-electron chi connectivity index (χ2n) is 6.46. The molecule has 1 saturated heterocycles. The first kappa shape index (κ1) is 17.7. The van der Waals surface area contributed by atoms with Crippen LogP contribution in [0.3, 0.4) is 0 Å². The molecular weight excluding hydrogens is 316 g/mol. The van der Waals surface area contributed by atoms with Gasteiger partial charge in [0, 0.05) is 6.04 Å². The normalized spacial score (nSPS) is 16.0. The number of nitrogens with zero attached hydrogens (tertiary/aromatic N) is 1. The Labute approximate surface area is 140 Å². The molecule has 2 heterocycles. The van der Waals surface area contributed by atoms with Crippen LogP contribution < -0.4 is 10.2 Å². The van der Waals surface area contributed by atoms with Crippen LogP contribution in [0.2, 0.25) is 0 Å². The summed E-state index contributed by atoms with van der Waals surface area (Å²) < 4.78 is 10.4. The monoisotopic (exact) mass is 340 g/mol. The first-order chi connectivity index (χ1) is 10.8. The van der Waals surface area contributed by atoms with Crippen LogP contribution >= 0.6 is 11.3 Å². The summed E-state index contributed by atoms with van der Waals surface area (Å²) in [5, 5.41) is 5.07. The standard InChI is InChI=1S/C16H24N2O4S/c1-16(2,3)22-15(20)18(11-5-8-17-9-6-11)12-7-10-23-13(12)14(19)21-4/h7,10-11,17H,5-6,8-9H2,1-4H3. The largest absolute Gasteiger partial charge is 0.465 e. The summed E-state index contributed by atoms with van der Waals surface area (Å²) in [5.41, 5.74) is -0.0213. The number of esters is 1. The third kappa shape index (κ3) is 4.45. The van der Waals surface area contributed by atoms with E-state index in [0.29, 0.717) is 10.6 Å². The summed E-state index contributed by atoms with van der Waals surface area (Å²) in [7, 11) is 1.34. The minimum absolute atomic E-state index is 0.00380. The molecule has 7 heteroatoms. The van der Waals surface area contributed by atoms with Crippen LogP contribution in [0.5, 0.6) is 0 Å². The molecule has 1 N–H and O–H groups in total. The van der Waals surface area contributed by atoms with Crippen molar-refractivity contribution in [2.24, 2.45) is 0 Å². The third-order valence-electron chi connectivity index (χ3n) is 3.54. The quantitative estimate of drug-likeness (QED) is 0.857. The van der Waals surface area contributed by atoms with E-state index in [1.54, 1.807) is 16.3 Å². The van der Waals surface area contributed by atoms with Gasteiger partial charge in [0.25, 0.3) is 0 Å². The van der Waals surface area contributed by atoms with Crippen LogP contribution in [0, 0.1) is 0 Å². The van der Waals surface area contributed by atoms with Crippen LogP contribution in [0.4, 0.5) is 10.5 Å². The predicted molar refractivity (Wildman–Crippen MR) is 90.3 cm³/mol. The van der Waals surface area contributed by atoms with E-state index < -0.39 is 17.7 Å². The zero-order valence-electron chi connectivity index (χ0n) is 14.0. The minimum Gasteiger partial charge on any atom is -0.465 e. The number of piperidine rings is 1. The van der Waals surface area contributed by atoms with Gasteiger partial charge in [0.1, 0.15) is 10.5 Å². The van der Waals surface area contributed by atoms with Gasteiger partial charge in [-0.2, -0.15) is 0 Å². The first-order valence-corrected chi connectivity index (χ1v) is 8.60. The summed E-state index contributed by atoms with van der Waals surface area (Å²) in [6.07, 6.45) is 1.21. The second kappa shape index (κ2) is 7.31. The highest BCUT2D eigenvalue weighted by Gasteiger charge is 2.33. The zero-order valence-corrected chi connectivity index (χ0v) is 14.9. The smallest absolute Gasteiger partial charge is 0.415 e. The number of ether oxygens (including phenoxy) is 2. The average molecular weight is 340 g/mol. The molecule has 6 nitrogen and oxygen atoms in total. The number of hydrogen-bond acceptors (Lipinski definition) is 6. The number of nitrogens with one attached hydrogen (secondary N) is 1. The van der Waals surface area contributed by atoms with Gasteiger partial charge in [-0.3, -0.25) is 4.90 Å². The van der Waals surface area contributed by atoms with E-state index in [1.807, 2.05) is 20.8 Å². The fourth-order valence-corrected chi connectivity index (χ4v) is 3.36. The van der Waals surface area contributed by atoms with Gasteiger partial charge < -0.3 is 14.8 Å².